The van der Waals surface area contributed by atoms with Crippen LogP contribution in [0, 0.1) is 11.3 Å². The quantitative estimate of drug-likeness (QED) is 0.527. The number of thiol groups is 1. The molecule has 0 N–H and O–H groups in total. The summed E-state index contributed by atoms with van der Waals surface area (Å²) in [5.41, 5.74) is 0.982. The zero-order valence-corrected chi connectivity index (χ0v) is 7.43. The zero-order valence-electron chi connectivity index (χ0n) is 6.53. The van der Waals surface area contributed by atoms with E-state index in [1.165, 1.54) is 6.92 Å². The van der Waals surface area contributed by atoms with Gasteiger partial charge in [-0.25, -0.2) is 0 Å². The number of ketones is 1. The zero-order chi connectivity index (χ0) is 9.14. The number of hydrogen-bond donors (Lipinski definition) is 1. The van der Waals surface area contributed by atoms with Gasteiger partial charge >= 0.3 is 0 Å². The minimum atomic E-state index is -0.0418. The molecule has 0 aromatic heterocycles. The van der Waals surface area contributed by atoms with Crippen molar-refractivity contribution >= 4 is 18.4 Å². The number of benzene rings is 1. The van der Waals surface area contributed by atoms with E-state index in [0.29, 0.717) is 16.0 Å². The van der Waals surface area contributed by atoms with Crippen LogP contribution in [-0.2, 0) is 0 Å². The highest BCUT2D eigenvalue weighted by atomic mass is 32.1. The predicted octanol–water partition coefficient (Wildman–Crippen LogP) is 2.05. The first-order valence-electron chi connectivity index (χ1n) is 3.39. The minimum Gasteiger partial charge on any atom is -0.295 e. The van der Waals surface area contributed by atoms with Crippen molar-refractivity contribution in [3.8, 4) is 6.07 Å². The van der Waals surface area contributed by atoms with E-state index in [1.807, 2.05) is 6.07 Å². The molecule has 0 aliphatic heterocycles. The monoisotopic (exact) mass is 177 g/mol. The molecular formula is C9H7NOS. The lowest BCUT2D eigenvalue weighted by Crippen LogP contribution is -1.92. The van der Waals surface area contributed by atoms with Gasteiger partial charge in [0, 0.05) is 10.5 Å². The van der Waals surface area contributed by atoms with Crippen LogP contribution in [0.1, 0.15) is 22.8 Å². The first kappa shape index (κ1) is 8.82. The maximum atomic E-state index is 10.9. The van der Waals surface area contributed by atoms with Crippen LogP contribution in [-0.4, -0.2) is 5.78 Å². The second-order valence-corrected chi connectivity index (χ2v) is 2.88. The van der Waals surface area contributed by atoms with Gasteiger partial charge in [0.25, 0.3) is 0 Å². The second-order valence-electron chi connectivity index (χ2n) is 2.40. The van der Waals surface area contributed by atoms with E-state index in [1.54, 1.807) is 18.2 Å². The molecule has 3 heteroatoms. The average Bonchev–Trinajstić information content (AvgIpc) is 2.05. The number of carbonyl (C=O) groups is 1. The standard InChI is InChI=1S/C9H7NOS/c1-6(11)7-2-3-9(12)8(4-7)5-10/h2-4,12H,1H3. The molecule has 0 spiro atoms. The van der Waals surface area contributed by atoms with Crippen molar-refractivity contribution in [2.24, 2.45) is 0 Å². The van der Waals surface area contributed by atoms with Crippen LogP contribution in [0.25, 0.3) is 0 Å². The van der Waals surface area contributed by atoms with Gasteiger partial charge in [-0.05, 0) is 19.1 Å². The van der Waals surface area contributed by atoms with Crippen LogP contribution in [0.5, 0.6) is 0 Å². The van der Waals surface area contributed by atoms with E-state index in [4.69, 9.17) is 5.26 Å². The summed E-state index contributed by atoms with van der Waals surface area (Å²) in [7, 11) is 0. The van der Waals surface area contributed by atoms with Gasteiger partial charge in [-0.3, -0.25) is 4.79 Å². The lowest BCUT2D eigenvalue weighted by Gasteiger charge is -1.97. The minimum absolute atomic E-state index is 0.0418. The molecule has 0 saturated carbocycles. The fraction of sp³-hybridized carbons (Fsp3) is 0.111. The Morgan fingerprint density at radius 2 is 2.25 bits per heavy atom. The Bertz CT molecular complexity index is 365. The number of Topliss-reactive ketones (excluding diaryl/α,β-unsaturated/α-hetero) is 1. The number of hydrogen-bond acceptors (Lipinski definition) is 3. The Balaban J connectivity index is 3.25. The third-order valence-corrected chi connectivity index (χ3v) is 1.91. The molecule has 2 nitrogen and oxygen atoms in total. The first-order chi connectivity index (χ1) is 5.65. The van der Waals surface area contributed by atoms with Crippen molar-refractivity contribution in [1.82, 2.24) is 0 Å². The maximum Gasteiger partial charge on any atom is 0.159 e. The van der Waals surface area contributed by atoms with Gasteiger partial charge in [0.15, 0.2) is 5.78 Å². The highest BCUT2D eigenvalue weighted by Gasteiger charge is 2.02. The van der Waals surface area contributed by atoms with Crippen LogP contribution < -0.4 is 0 Å². The SMILES string of the molecule is CC(=O)c1ccc(S)c(C#N)c1. The van der Waals surface area contributed by atoms with Crippen LogP contribution in [0.2, 0.25) is 0 Å². The Kier molecular flexibility index (Phi) is 2.51. The van der Waals surface area contributed by atoms with Crippen molar-refractivity contribution in [2.45, 2.75) is 11.8 Å². The summed E-state index contributed by atoms with van der Waals surface area (Å²) in [5.74, 6) is -0.0418. The molecule has 0 atom stereocenters. The van der Waals surface area contributed by atoms with E-state index in [-0.39, 0.29) is 5.78 Å². The van der Waals surface area contributed by atoms with Crippen molar-refractivity contribution < 1.29 is 4.79 Å². The van der Waals surface area contributed by atoms with Crippen LogP contribution in [0.4, 0.5) is 0 Å². The number of carbonyl (C=O) groups excluding carboxylic acids is 1. The van der Waals surface area contributed by atoms with E-state index in [0.717, 1.165) is 0 Å². The van der Waals surface area contributed by atoms with Gasteiger partial charge in [-0.15, -0.1) is 12.6 Å². The van der Waals surface area contributed by atoms with E-state index in [2.05, 4.69) is 12.6 Å². The molecule has 12 heavy (non-hydrogen) atoms. The van der Waals surface area contributed by atoms with Crippen molar-refractivity contribution in [2.75, 3.05) is 0 Å². The van der Waals surface area contributed by atoms with Gasteiger partial charge in [-0.2, -0.15) is 5.26 Å². The van der Waals surface area contributed by atoms with Crippen molar-refractivity contribution in [3.05, 3.63) is 29.3 Å². The molecule has 0 unspecified atom stereocenters. The summed E-state index contributed by atoms with van der Waals surface area (Å²) in [4.78, 5) is 11.5. The van der Waals surface area contributed by atoms with Crippen LogP contribution in [0.15, 0.2) is 23.1 Å². The molecule has 1 aromatic rings. The first-order valence-corrected chi connectivity index (χ1v) is 3.84. The van der Waals surface area contributed by atoms with E-state index in [9.17, 15) is 4.79 Å². The largest absolute Gasteiger partial charge is 0.295 e. The smallest absolute Gasteiger partial charge is 0.159 e. The third-order valence-electron chi connectivity index (χ3n) is 1.52. The number of nitriles is 1. The lowest BCUT2D eigenvalue weighted by molar-refractivity contribution is 0.101. The molecule has 0 radical (unpaired) electrons. The Morgan fingerprint density at radius 3 is 2.75 bits per heavy atom. The predicted molar refractivity (Wildman–Crippen MR) is 48.4 cm³/mol. The topological polar surface area (TPSA) is 40.9 Å². The highest BCUT2D eigenvalue weighted by Crippen LogP contribution is 2.14. The summed E-state index contributed by atoms with van der Waals surface area (Å²) in [6.45, 7) is 1.47. The van der Waals surface area contributed by atoms with Crippen molar-refractivity contribution in [3.63, 3.8) is 0 Å². The Labute approximate surface area is 76.2 Å². The molecule has 0 bridgehead atoms. The summed E-state index contributed by atoms with van der Waals surface area (Å²) >= 11 is 4.06. The number of nitrogens with zero attached hydrogens (tertiary/aromatic N) is 1. The van der Waals surface area contributed by atoms with Gasteiger partial charge < -0.3 is 0 Å². The van der Waals surface area contributed by atoms with E-state index < -0.39 is 0 Å². The molecular weight excluding hydrogens is 170 g/mol. The van der Waals surface area contributed by atoms with Gasteiger partial charge in [0.1, 0.15) is 6.07 Å². The second kappa shape index (κ2) is 3.42. The summed E-state index contributed by atoms with van der Waals surface area (Å²) in [6, 6.07) is 6.82. The highest BCUT2D eigenvalue weighted by molar-refractivity contribution is 7.80. The lowest BCUT2D eigenvalue weighted by atomic mass is 10.1. The fourth-order valence-electron chi connectivity index (χ4n) is 0.845. The van der Waals surface area contributed by atoms with Crippen molar-refractivity contribution in [1.29, 1.82) is 5.26 Å². The van der Waals surface area contributed by atoms with Gasteiger partial charge in [-0.1, -0.05) is 6.07 Å². The summed E-state index contributed by atoms with van der Waals surface area (Å²) < 4.78 is 0. The Morgan fingerprint density at radius 1 is 1.58 bits per heavy atom. The molecule has 60 valence electrons. The molecule has 0 fully saturated rings. The molecule has 0 heterocycles. The average molecular weight is 177 g/mol. The summed E-state index contributed by atoms with van der Waals surface area (Å²) in [6.07, 6.45) is 0. The van der Waals surface area contributed by atoms with Gasteiger partial charge in [0.2, 0.25) is 0 Å². The molecule has 0 aliphatic carbocycles. The van der Waals surface area contributed by atoms with Crippen LogP contribution >= 0.6 is 12.6 Å². The molecule has 1 rings (SSSR count). The molecule has 0 saturated heterocycles. The normalized spacial score (nSPS) is 9.08. The molecule has 0 amide bonds. The Hall–Kier alpha value is -1.27. The number of rotatable bonds is 1. The maximum absolute atomic E-state index is 10.9. The molecule has 0 aliphatic rings. The summed E-state index contributed by atoms with van der Waals surface area (Å²) in [5, 5.41) is 8.61. The van der Waals surface area contributed by atoms with Crippen LogP contribution in [0.3, 0.4) is 0 Å². The van der Waals surface area contributed by atoms with E-state index >= 15 is 0 Å². The fourth-order valence-corrected chi connectivity index (χ4v) is 1.03. The van der Waals surface area contributed by atoms with Gasteiger partial charge in [0.05, 0.1) is 5.56 Å². The third kappa shape index (κ3) is 1.66. The molecule has 1 aromatic carbocycles.